The first-order chi connectivity index (χ1) is 18.2. The highest BCUT2D eigenvalue weighted by Crippen LogP contribution is 2.30. The summed E-state index contributed by atoms with van der Waals surface area (Å²) in [4.78, 5) is 42.1. The Morgan fingerprint density at radius 3 is 2.08 bits per heavy atom. The molecule has 2 rings (SSSR count). The average Bonchev–Trinajstić information content (AvgIpc) is 2.81. The summed E-state index contributed by atoms with van der Waals surface area (Å²) >= 11 is 0. The number of anilines is 1. The molecule has 2 atom stereocenters. The number of alkyl carbamates (subject to hydrolysis) is 1. The van der Waals surface area contributed by atoms with Crippen LogP contribution >= 0.6 is 0 Å². The van der Waals surface area contributed by atoms with Crippen LogP contribution in [0.1, 0.15) is 74.9 Å². The van der Waals surface area contributed by atoms with Crippen LogP contribution < -0.4 is 10.6 Å². The van der Waals surface area contributed by atoms with E-state index in [1.807, 2.05) is 71.9 Å². The highest BCUT2D eigenvalue weighted by atomic mass is 16.6. The molecule has 0 heterocycles. The van der Waals surface area contributed by atoms with Crippen molar-refractivity contribution in [3.63, 3.8) is 0 Å². The standard InChI is InChI=1S/C31H42N4O4/c1-19(2)18-25(33-30(38)39-31(7,8)9)29(37)35(17-16-32)27(24-15-11-12-20(3)23(24)6)28(36)34-26-21(4)13-10-14-22(26)5/h10-15,19,25,27H,17-18H2,1-9H3,(H,33,38)(H,34,36). The number of ether oxygens (including phenoxy) is 1. The summed E-state index contributed by atoms with van der Waals surface area (Å²) in [5.41, 5.74) is 4.07. The minimum atomic E-state index is -1.11. The third-order valence-corrected chi connectivity index (χ3v) is 6.45. The third-order valence-electron chi connectivity index (χ3n) is 6.45. The monoisotopic (exact) mass is 534 g/mol. The van der Waals surface area contributed by atoms with Gasteiger partial charge in [-0.1, -0.05) is 50.2 Å². The van der Waals surface area contributed by atoms with Gasteiger partial charge in [0.05, 0.1) is 6.07 Å². The van der Waals surface area contributed by atoms with Gasteiger partial charge in [-0.25, -0.2) is 4.79 Å². The van der Waals surface area contributed by atoms with Gasteiger partial charge in [-0.05, 0) is 88.6 Å². The fraction of sp³-hybridized carbons (Fsp3) is 0.484. The Labute approximate surface area is 232 Å². The van der Waals surface area contributed by atoms with Gasteiger partial charge in [0.15, 0.2) is 0 Å². The molecule has 0 aliphatic rings. The van der Waals surface area contributed by atoms with Gasteiger partial charge < -0.3 is 20.3 Å². The molecule has 2 N–H and O–H groups in total. The topological polar surface area (TPSA) is 112 Å². The van der Waals surface area contributed by atoms with Gasteiger partial charge in [-0.2, -0.15) is 5.26 Å². The molecule has 0 spiro atoms. The van der Waals surface area contributed by atoms with Crippen molar-refractivity contribution in [3.05, 3.63) is 64.2 Å². The first-order valence-electron chi connectivity index (χ1n) is 13.3. The molecule has 0 aliphatic carbocycles. The summed E-state index contributed by atoms with van der Waals surface area (Å²) in [6.45, 7) is 16.4. The normalized spacial score (nSPS) is 12.7. The smallest absolute Gasteiger partial charge is 0.408 e. The highest BCUT2D eigenvalue weighted by Gasteiger charge is 2.37. The molecule has 2 unspecified atom stereocenters. The molecule has 2 aromatic rings. The van der Waals surface area contributed by atoms with Crippen molar-refractivity contribution in [1.29, 1.82) is 5.26 Å². The van der Waals surface area contributed by atoms with E-state index in [4.69, 9.17) is 4.74 Å². The van der Waals surface area contributed by atoms with Crippen LogP contribution in [0.4, 0.5) is 10.5 Å². The zero-order chi connectivity index (χ0) is 29.5. The molecule has 0 radical (unpaired) electrons. The maximum absolute atomic E-state index is 14.1. The van der Waals surface area contributed by atoms with Crippen molar-refractivity contribution in [2.45, 2.75) is 86.4 Å². The van der Waals surface area contributed by atoms with Crippen molar-refractivity contribution in [3.8, 4) is 6.07 Å². The zero-order valence-electron chi connectivity index (χ0n) is 24.6. The number of para-hydroxylation sites is 1. The van der Waals surface area contributed by atoms with Crippen LogP contribution in [0.15, 0.2) is 36.4 Å². The molecule has 39 heavy (non-hydrogen) atoms. The van der Waals surface area contributed by atoms with Gasteiger partial charge in [0.1, 0.15) is 24.2 Å². The van der Waals surface area contributed by atoms with Crippen LogP contribution in [-0.4, -0.2) is 41.0 Å². The first kappa shape index (κ1) is 31.4. The number of amides is 3. The lowest BCUT2D eigenvalue weighted by atomic mass is 9.94. The van der Waals surface area contributed by atoms with E-state index in [9.17, 15) is 19.6 Å². The molecule has 210 valence electrons. The maximum Gasteiger partial charge on any atom is 0.408 e. The molecule has 3 amide bonds. The van der Waals surface area contributed by atoms with Crippen LogP contribution in [0.5, 0.6) is 0 Å². The molecule has 8 heteroatoms. The number of hydrogen-bond donors (Lipinski definition) is 2. The number of nitrogens with one attached hydrogen (secondary N) is 2. The second-order valence-corrected chi connectivity index (χ2v) is 11.4. The molecular weight excluding hydrogens is 492 g/mol. The van der Waals surface area contributed by atoms with Crippen LogP contribution in [0.25, 0.3) is 0 Å². The van der Waals surface area contributed by atoms with E-state index in [0.29, 0.717) is 17.7 Å². The Kier molecular flexibility index (Phi) is 10.7. The van der Waals surface area contributed by atoms with Crippen molar-refractivity contribution < 1.29 is 19.1 Å². The summed E-state index contributed by atoms with van der Waals surface area (Å²) in [6.07, 6.45) is -0.431. The summed E-state index contributed by atoms with van der Waals surface area (Å²) in [6, 6.07) is 11.2. The molecule has 0 aliphatic heterocycles. The number of hydrogen-bond acceptors (Lipinski definition) is 5. The molecular formula is C31H42N4O4. The molecule has 0 saturated heterocycles. The van der Waals surface area contributed by atoms with Gasteiger partial charge in [0, 0.05) is 5.69 Å². The van der Waals surface area contributed by atoms with Gasteiger partial charge in [0.2, 0.25) is 5.91 Å². The Balaban J connectivity index is 2.61. The van der Waals surface area contributed by atoms with E-state index in [0.717, 1.165) is 22.3 Å². The Hall–Kier alpha value is -3.86. The van der Waals surface area contributed by atoms with Crippen molar-refractivity contribution in [2.24, 2.45) is 5.92 Å². The summed E-state index contributed by atoms with van der Waals surface area (Å²) in [7, 11) is 0. The van der Waals surface area contributed by atoms with Gasteiger partial charge >= 0.3 is 6.09 Å². The lowest BCUT2D eigenvalue weighted by molar-refractivity contribution is -0.140. The number of nitriles is 1. The predicted octanol–water partition coefficient (Wildman–Crippen LogP) is 5.89. The number of carbonyl (C=O) groups is 3. The van der Waals surface area contributed by atoms with Gasteiger partial charge in [-0.3, -0.25) is 9.59 Å². The molecule has 0 saturated carbocycles. The number of benzene rings is 2. The summed E-state index contributed by atoms with van der Waals surface area (Å²) in [5, 5.41) is 15.5. The van der Waals surface area contributed by atoms with E-state index in [-0.39, 0.29) is 12.5 Å². The second-order valence-electron chi connectivity index (χ2n) is 11.4. The number of carbonyl (C=O) groups excluding carboxylic acids is 3. The lowest BCUT2D eigenvalue weighted by Crippen LogP contribution is -2.53. The van der Waals surface area contributed by atoms with Gasteiger partial charge in [-0.15, -0.1) is 0 Å². The molecule has 0 aromatic heterocycles. The van der Waals surface area contributed by atoms with Crippen LogP contribution in [0.3, 0.4) is 0 Å². The van der Waals surface area contributed by atoms with Crippen LogP contribution in [0, 0.1) is 44.9 Å². The predicted molar refractivity (Wildman–Crippen MR) is 153 cm³/mol. The number of rotatable bonds is 9. The van der Waals surface area contributed by atoms with E-state index >= 15 is 0 Å². The summed E-state index contributed by atoms with van der Waals surface area (Å²) < 4.78 is 5.41. The zero-order valence-corrected chi connectivity index (χ0v) is 24.6. The highest BCUT2D eigenvalue weighted by molar-refractivity contribution is 6.00. The first-order valence-corrected chi connectivity index (χ1v) is 13.3. The largest absolute Gasteiger partial charge is 0.444 e. The summed E-state index contributed by atoms with van der Waals surface area (Å²) in [5.74, 6) is -0.927. The van der Waals surface area contributed by atoms with Crippen molar-refractivity contribution >= 4 is 23.6 Å². The van der Waals surface area contributed by atoms with E-state index in [2.05, 4.69) is 16.7 Å². The lowest BCUT2D eigenvalue weighted by Gasteiger charge is -2.34. The van der Waals surface area contributed by atoms with E-state index in [1.165, 1.54) is 4.90 Å². The van der Waals surface area contributed by atoms with Gasteiger partial charge in [0.25, 0.3) is 5.91 Å². The molecule has 2 aromatic carbocycles. The van der Waals surface area contributed by atoms with Crippen LogP contribution in [0.2, 0.25) is 0 Å². The number of aryl methyl sites for hydroxylation is 3. The minimum absolute atomic E-state index is 0.0421. The fourth-order valence-corrected chi connectivity index (χ4v) is 4.44. The Bertz CT molecular complexity index is 1220. The quantitative estimate of drug-likeness (QED) is 0.390. The average molecular weight is 535 g/mol. The molecule has 8 nitrogen and oxygen atoms in total. The third kappa shape index (κ3) is 8.57. The second kappa shape index (κ2) is 13.3. The molecule has 0 bridgehead atoms. The van der Waals surface area contributed by atoms with E-state index in [1.54, 1.807) is 26.8 Å². The minimum Gasteiger partial charge on any atom is -0.444 e. The van der Waals surface area contributed by atoms with E-state index < -0.39 is 35.6 Å². The molecule has 0 fully saturated rings. The van der Waals surface area contributed by atoms with Crippen molar-refractivity contribution in [2.75, 3.05) is 11.9 Å². The number of nitrogens with zero attached hydrogens (tertiary/aromatic N) is 2. The van der Waals surface area contributed by atoms with Crippen LogP contribution in [-0.2, 0) is 14.3 Å². The fourth-order valence-electron chi connectivity index (χ4n) is 4.44. The van der Waals surface area contributed by atoms with Crippen molar-refractivity contribution in [1.82, 2.24) is 10.2 Å². The Morgan fingerprint density at radius 1 is 0.974 bits per heavy atom. The SMILES string of the molecule is Cc1cccc(C(C(=O)Nc2c(C)cccc2C)N(CC#N)C(=O)C(CC(C)C)NC(=O)OC(C)(C)C)c1C. The maximum atomic E-state index is 14.1. The Morgan fingerprint density at radius 2 is 1.54 bits per heavy atom.